The lowest BCUT2D eigenvalue weighted by Gasteiger charge is -2.22. The minimum atomic E-state index is -1.05. The quantitative estimate of drug-likeness (QED) is 0.787. The van der Waals surface area contributed by atoms with Gasteiger partial charge in [-0.15, -0.1) is 11.3 Å². The maximum Gasteiger partial charge on any atom is 0.319 e. The van der Waals surface area contributed by atoms with Crippen LogP contribution in [-0.4, -0.2) is 23.3 Å². The van der Waals surface area contributed by atoms with Crippen molar-refractivity contribution in [2.45, 2.75) is 18.9 Å². The van der Waals surface area contributed by atoms with Gasteiger partial charge in [-0.05, 0) is 36.6 Å². The van der Waals surface area contributed by atoms with E-state index in [1.807, 2.05) is 17.5 Å². The number of carbonyl (C=O) groups is 1. The number of rotatable bonds is 5. The van der Waals surface area contributed by atoms with Crippen molar-refractivity contribution in [1.82, 2.24) is 5.32 Å². The lowest BCUT2D eigenvalue weighted by molar-refractivity contribution is 0.0577. The number of anilines is 1. The summed E-state index contributed by atoms with van der Waals surface area (Å²) in [6, 6.07) is 6.89. The zero-order chi connectivity index (χ0) is 13.7. The molecule has 0 bridgehead atoms. The van der Waals surface area contributed by atoms with E-state index in [9.17, 15) is 9.90 Å². The number of aliphatic hydroxyl groups is 1. The van der Waals surface area contributed by atoms with Gasteiger partial charge in [0, 0.05) is 13.0 Å². The Bertz CT molecular complexity index is 506. The van der Waals surface area contributed by atoms with Crippen molar-refractivity contribution in [3.8, 4) is 0 Å². The highest BCUT2D eigenvalue weighted by Gasteiger charge is 2.23. The molecule has 0 saturated heterocycles. The van der Waals surface area contributed by atoms with Crippen LogP contribution in [0.2, 0.25) is 0 Å². The van der Waals surface area contributed by atoms with Crippen LogP contribution in [0.25, 0.3) is 0 Å². The summed E-state index contributed by atoms with van der Waals surface area (Å²) in [5, 5.41) is 18.1. The van der Waals surface area contributed by atoms with Crippen molar-refractivity contribution in [1.29, 1.82) is 0 Å². The predicted octanol–water partition coefficient (Wildman–Crippen LogP) is 2.46. The fourth-order valence-corrected chi connectivity index (χ4v) is 2.24. The average Bonchev–Trinajstić information content (AvgIpc) is 2.99. The van der Waals surface area contributed by atoms with Crippen molar-refractivity contribution >= 4 is 22.4 Å². The second kappa shape index (κ2) is 5.90. The predicted molar refractivity (Wildman–Crippen MR) is 74.4 cm³/mol. The number of thiophene rings is 1. The number of amides is 2. The minimum absolute atomic E-state index is 0.144. The Labute approximate surface area is 115 Å². The van der Waals surface area contributed by atoms with Gasteiger partial charge in [-0.2, -0.15) is 0 Å². The third kappa shape index (κ3) is 4.42. The van der Waals surface area contributed by atoms with Gasteiger partial charge in [-0.25, -0.2) is 4.79 Å². The van der Waals surface area contributed by atoms with Gasteiger partial charge in [0.2, 0.25) is 0 Å². The number of hydrogen-bond donors (Lipinski definition) is 3. The standard InChI is InChI=1S/C13H16N2O3S/c1-13(17,8-10-4-2-6-18-10)9-14-12(16)15-11-5-3-7-19-11/h2-7,17H,8-9H2,1H3,(H2,14,15,16)/t13-/m1/s1. The molecule has 0 radical (unpaired) electrons. The average molecular weight is 280 g/mol. The molecule has 3 N–H and O–H groups in total. The summed E-state index contributed by atoms with van der Waals surface area (Å²) in [6.07, 6.45) is 1.90. The highest BCUT2D eigenvalue weighted by Crippen LogP contribution is 2.15. The van der Waals surface area contributed by atoms with Gasteiger partial charge in [-0.3, -0.25) is 5.32 Å². The lowest BCUT2D eigenvalue weighted by Crippen LogP contribution is -2.43. The number of furan rings is 1. The molecule has 2 aromatic heterocycles. The first kappa shape index (κ1) is 13.6. The molecule has 0 aromatic carbocycles. The molecule has 1 atom stereocenters. The van der Waals surface area contributed by atoms with E-state index in [4.69, 9.17) is 4.42 Å². The number of carbonyl (C=O) groups excluding carboxylic acids is 1. The zero-order valence-electron chi connectivity index (χ0n) is 10.6. The smallest absolute Gasteiger partial charge is 0.319 e. The topological polar surface area (TPSA) is 74.5 Å². The Morgan fingerprint density at radius 3 is 2.95 bits per heavy atom. The van der Waals surface area contributed by atoms with Crippen LogP contribution in [0, 0.1) is 0 Å². The summed E-state index contributed by atoms with van der Waals surface area (Å²) < 4.78 is 5.17. The Hall–Kier alpha value is -1.79. The zero-order valence-corrected chi connectivity index (χ0v) is 11.4. The van der Waals surface area contributed by atoms with Gasteiger partial charge < -0.3 is 14.8 Å². The van der Waals surface area contributed by atoms with E-state index < -0.39 is 5.60 Å². The van der Waals surface area contributed by atoms with Gasteiger partial charge in [0.25, 0.3) is 0 Å². The van der Waals surface area contributed by atoms with E-state index in [0.717, 1.165) is 5.00 Å². The Kier molecular flexibility index (Phi) is 4.24. The van der Waals surface area contributed by atoms with Crippen LogP contribution in [0.15, 0.2) is 40.3 Å². The van der Waals surface area contributed by atoms with E-state index in [2.05, 4.69) is 10.6 Å². The minimum Gasteiger partial charge on any atom is -0.469 e. The van der Waals surface area contributed by atoms with Crippen LogP contribution in [0.5, 0.6) is 0 Å². The first-order chi connectivity index (χ1) is 9.05. The molecule has 2 heterocycles. The molecule has 19 heavy (non-hydrogen) atoms. The second-order valence-corrected chi connectivity index (χ2v) is 5.49. The largest absolute Gasteiger partial charge is 0.469 e. The highest BCUT2D eigenvalue weighted by molar-refractivity contribution is 7.14. The molecule has 2 amide bonds. The SMILES string of the molecule is C[C@](O)(CNC(=O)Nc1cccs1)Cc1ccco1. The first-order valence-electron chi connectivity index (χ1n) is 5.88. The van der Waals surface area contributed by atoms with E-state index in [-0.39, 0.29) is 12.6 Å². The molecular weight excluding hydrogens is 264 g/mol. The van der Waals surface area contributed by atoms with E-state index in [1.54, 1.807) is 25.3 Å². The van der Waals surface area contributed by atoms with Crippen LogP contribution < -0.4 is 10.6 Å². The Morgan fingerprint density at radius 1 is 1.47 bits per heavy atom. The van der Waals surface area contributed by atoms with Crippen molar-refractivity contribution in [2.75, 3.05) is 11.9 Å². The number of urea groups is 1. The highest BCUT2D eigenvalue weighted by atomic mass is 32.1. The van der Waals surface area contributed by atoms with Gasteiger partial charge in [0.05, 0.1) is 16.9 Å². The van der Waals surface area contributed by atoms with Crippen molar-refractivity contribution in [3.63, 3.8) is 0 Å². The lowest BCUT2D eigenvalue weighted by atomic mass is 10.0. The molecule has 5 nitrogen and oxygen atoms in total. The molecule has 0 fully saturated rings. The first-order valence-corrected chi connectivity index (χ1v) is 6.76. The molecule has 0 spiro atoms. The molecule has 0 unspecified atom stereocenters. The molecule has 102 valence electrons. The van der Waals surface area contributed by atoms with Gasteiger partial charge >= 0.3 is 6.03 Å². The molecule has 0 aliphatic rings. The summed E-state index contributed by atoms with van der Waals surface area (Å²) in [5.41, 5.74) is -1.05. The molecule has 0 aliphatic heterocycles. The van der Waals surface area contributed by atoms with Gasteiger partial charge in [0.15, 0.2) is 0 Å². The third-order valence-corrected chi connectivity index (χ3v) is 3.31. The fraction of sp³-hybridized carbons (Fsp3) is 0.308. The molecular formula is C13H16N2O3S. The summed E-state index contributed by atoms with van der Waals surface area (Å²) in [5.74, 6) is 0.686. The second-order valence-electron chi connectivity index (χ2n) is 4.54. The summed E-state index contributed by atoms with van der Waals surface area (Å²) in [7, 11) is 0. The van der Waals surface area contributed by atoms with Crippen molar-refractivity contribution in [3.05, 3.63) is 41.7 Å². The number of hydrogen-bond acceptors (Lipinski definition) is 4. The van der Waals surface area contributed by atoms with Crippen LogP contribution >= 0.6 is 11.3 Å². The van der Waals surface area contributed by atoms with Crippen LogP contribution in [-0.2, 0) is 6.42 Å². The summed E-state index contributed by atoms with van der Waals surface area (Å²) in [6.45, 7) is 1.80. The van der Waals surface area contributed by atoms with E-state index >= 15 is 0 Å². The van der Waals surface area contributed by atoms with Gasteiger partial charge in [0.1, 0.15) is 5.76 Å². The molecule has 0 saturated carbocycles. The van der Waals surface area contributed by atoms with Crippen LogP contribution in [0.4, 0.5) is 9.80 Å². The van der Waals surface area contributed by atoms with Crippen LogP contribution in [0.1, 0.15) is 12.7 Å². The summed E-state index contributed by atoms with van der Waals surface area (Å²) >= 11 is 1.44. The molecule has 0 aliphatic carbocycles. The monoisotopic (exact) mass is 280 g/mol. The van der Waals surface area contributed by atoms with E-state index in [0.29, 0.717) is 12.2 Å². The third-order valence-electron chi connectivity index (χ3n) is 2.52. The molecule has 2 rings (SSSR count). The van der Waals surface area contributed by atoms with E-state index in [1.165, 1.54) is 11.3 Å². The fourth-order valence-electron chi connectivity index (χ4n) is 1.63. The van der Waals surface area contributed by atoms with Gasteiger partial charge in [-0.1, -0.05) is 0 Å². The Morgan fingerprint density at radius 2 is 2.32 bits per heavy atom. The summed E-state index contributed by atoms with van der Waals surface area (Å²) in [4.78, 5) is 11.6. The molecule has 2 aromatic rings. The van der Waals surface area contributed by atoms with Crippen LogP contribution in [0.3, 0.4) is 0 Å². The maximum atomic E-state index is 11.6. The Balaban J connectivity index is 1.78. The molecule has 6 heteroatoms. The van der Waals surface area contributed by atoms with Crippen molar-refractivity contribution < 1.29 is 14.3 Å². The number of nitrogens with one attached hydrogen (secondary N) is 2. The van der Waals surface area contributed by atoms with Crippen molar-refractivity contribution in [2.24, 2.45) is 0 Å². The normalized spacial score (nSPS) is 13.8. The maximum absolute atomic E-state index is 11.6.